The fraction of sp³-hybridized carbons (Fsp3) is 0.316. The van der Waals surface area contributed by atoms with E-state index < -0.39 is 0 Å². The van der Waals surface area contributed by atoms with Crippen LogP contribution in [0.25, 0.3) is 0 Å². The normalized spacial score (nSPS) is 12.8. The zero-order valence-corrected chi connectivity index (χ0v) is 16.4. The van der Waals surface area contributed by atoms with E-state index in [1.165, 1.54) is 5.56 Å². The average molecular weight is 412 g/mol. The number of nitrogens with two attached hydrogens (primary N) is 1. The van der Waals surface area contributed by atoms with Crippen LogP contribution in [0.4, 0.5) is 0 Å². The Bertz CT molecular complexity index is 634. The summed E-state index contributed by atoms with van der Waals surface area (Å²) in [5.41, 5.74) is 8.46. The topological polar surface area (TPSA) is 46.3 Å². The molecule has 3 nitrogen and oxygen atoms in total. The Hall–Kier alpha value is -1.36. The van der Waals surface area contributed by atoms with Crippen molar-refractivity contribution in [2.75, 3.05) is 13.6 Å². The first-order chi connectivity index (χ1) is 11.0. The molecule has 0 aromatic heterocycles. The van der Waals surface area contributed by atoms with Crippen LogP contribution in [0.3, 0.4) is 0 Å². The van der Waals surface area contributed by atoms with Crippen LogP contribution in [0, 0.1) is 5.92 Å². The van der Waals surface area contributed by atoms with Crippen LogP contribution in [-0.2, 0) is 11.2 Å². The van der Waals surface area contributed by atoms with Gasteiger partial charge < -0.3 is 10.6 Å². The van der Waals surface area contributed by atoms with Crippen molar-refractivity contribution in [1.82, 2.24) is 4.90 Å². The largest absolute Gasteiger partial charge is 0.345 e. The van der Waals surface area contributed by atoms with Gasteiger partial charge in [-0.15, -0.1) is 12.4 Å². The van der Waals surface area contributed by atoms with Crippen LogP contribution in [0.5, 0.6) is 0 Å². The molecule has 2 rings (SSSR count). The highest BCUT2D eigenvalue weighted by atomic mass is 79.9. The van der Waals surface area contributed by atoms with E-state index in [1.807, 2.05) is 56.4 Å². The quantitative estimate of drug-likeness (QED) is 0.774. The lowest BCUT2D eigenvalue weighted by molar-refractivity contribution is -0.134. The highest BCUT2D eigenvalue weighted by Crippen LogP contribution is 2.21. The standard InChI is InChI=1S/C19H23BrN2O.ClH/c1-14(18(21)16-6-4-3-5-7-16)19(23)22(2)13-12-15-8-10-17(20)11-9-15;/h3-11,14,18H,12-13,21H2,1-2H3;1H. The third kappa shape index (κ3) is 5.62. The summed E-state index contributed by atoms with van der Waals surface area (Å²) in [5, 5.41) is 0. The maximum Gasteiger partial charge on any atom is 0.227 e. The zero-order chi connectivity index (χ0) is 16.8. The second kappa shape index (κ2) is 9.82. The molecule has 0 saturated heterocycles. The molecule has 0 heterocycles. The van der Waals surface area contributed by atoms with Gasteiger partial charge in [-0.25, -0.2) is 0 Å². The number of halogens is 2. The van der Waals surface area contributed by atoms with Crippen LogP contribution in [-0.4, -0.2) is 24.4 Å². The third-order valence-electron chi connectivity index (χ3n) is 4.14. The van der Waals surface area contributed by atoms with Crippen LogP contribution >= 0.6 is 28.3 Å². The second-order valence-electron chi connectivity index (χ2n) is 5.86. The summed E-state index contributed by atoms with van der Waals surface area (Å²) >= 11 is 3.43. The fourth-order valence-electron chi connectivity index (χ4n) is 2.52. The van der Waals surface area contributed by atoms with Crippen molar-refractivity contribution < 1.29 is 4.79 Å². The molecule has 0 bridgehead atoms. The van der Waals surface area contributed by atoms with Crippen molar-refractivity contribution in [3.05, 3.63) is 70.2 Å². The van der Waals surface area contributed by atoms with Gasteiger partial charge in [-0.3, -0.25) is 4.79 Å². The van der Waals surface area contributed by atoms with Crippen molar-refractivity contribution in [3.63, 3.8) is 0 Å². The van der Waals surface area contributed by atoms with Crippen molar-refractivity contribution >= 4 is 34.2 Å². The van der Waals surface area contributed by atoms with E-state index in [0.717, 1.165) is 16.5 Å². The number of benzene rings is 2. The highest BCUT2D eigenvalue weighted by molar-refractivity contribution is 9.10. The third-order valence-corrected chi connectivity index (χ3v) is 4.67. The van der Waals surface area contributed by atoms with E-state index in [9.17, 15) is 4.79 Å². The lowest BCUT2D eigenvalue weighted by atomic mass is 9.94. The summed E-state index contributed by atoms with van der Waals surface area (Å²) < 4.78 is 1.06. The number of rotatable bonds is 6. The first-order valence-electron chi connectivity index (χ1n) is 7.79. The lowest BCUT2D eigenvalue weighted by Gasteiger charge is -2.25. The van der Waals surface area contributed by atoms with Crippen LogP contribution in [0.15, 0.2) is 59.1 Å². The maximum absolute atomic E-state index is 12.6. The van der Waals surface area contributed by atoms with E-state index in [2.05, 4.69) is 28.1 Å². The Morgan fingerprint density at radius 3 is 2.29 bits per heavy atom. The SMILES string of the molecule is CC(C(=O)N(C)CCc1ccc(Br)cc1)C(N)c1ccccc1.Cl. The van der Waals surface area contributed by atoms with E-state index in [0.29, 0.717) is 6.54 Å². The maximum atomic E-state index is 12.6. The Morgan fingerprint density at radius 2 is 1.71 bits per heavy atom. The van der Waals surface area contributed by atoms with Crippen molar-refractivity contribution in [1.29, 1.82) is 0 Å². The predicted octanol–water partition coefficient (Wildman–Crippen LogP) is 4.21. The molecule has 0 aliphatic heterocycles. The molecule has 0 spiro atoms. The van der Waals surface area contributed by atoms with E-state index in [1.54, 1.807) is 4.90 Å². The Morgan fingerprint density at radius 1 is 1.12 bits per heavy atom. The molecule has 2 atom stereocenters. The molecule has 2 unspecified atom stereocenters. The van der Waals surface area contributed by atoms with Crippen molar-refractivity contribution in [3.8, 4) is 0 Å². The highest BCUT2D eigenvalue weighted by Gasteiger charge is 2.24. The molecule has 130 valence electrons. The minimum atomic E-state index is -0.279. The summed E-state index contributed by atoms with van der Waals surface area (Å²) in [6, 6.07) is 17.7. The summed E-state index contributed by atoms with van der Waals surface area (Å²) in [6.07, 6.45) is 0.836. The van der Waals surface area contributed by atoms with Crippen molar-refractivity contribution in [2.24, 2.45) is 11.7 Å². The molecule has 2 aromatic rings. The molecule has 2 aromatic carbocycles. The average Bonchev–Trinajstić information content (AvgIpc) is 2.59. The van der Waals surface area contributed by atoms with Crippen LogP contribution in [0.2, 0.25) is 0 Å². The van der Waals surface area contributed by atoms with Gasteiger partial charge in [0.2, 0.25) is 5.91 Å². The fourth-order valence-corrected chi connectivity index (χ4v) is 2.79. The Kier molecular flexibility index (Phi) is 8.46. The van der Waals surface area contributed by atoms with Gasteiger partial charge in [0.1, 0.15) is 0 Å². The number of hydrogen-bond acceptors (Lipinski definition) is 2. The summed E-state index contributed by atoms with van der Waals surface area (Å²) in [6.45, 7) is 2.59. The lowest BCUT2D eigenvalue weighted by Crippen LogP contribution is -2.38. The monoisotopic (exact) mass is 410 g/mol. The molecule has 24 heavy (non-hydrogen) atoms. The molecule has 2 N–H and O–H groups in total. The first kappa shape index (κ1) is 20.7. The van der Waals surface area contributed by atoms with Gasteiger partial charge in [0.15, 0.2) is 0 Å². The smallest absolute Gasteiger partial charge is 0.227 e. The number of amides is 1. The van der Waals surface area contributed by atoms with Crippen LogP contribution < -0.4 is 5.73 Å². The molecule has 0 aliphatic carbocycles. The number of carbonyl (C=O) groups is 1. The summed E-state index contributed by atoms with van der Waals surface area (Å²) in [7, 11) is 1.84. The molecule has 0 radical (unpaired) electrons. The van der Waals surface area contributed by atoms with Gasteiger partial charge in [0, 0.05) is 24.1 Å². The molecule has 1 amide bonds. The van der Waals surface area contributed by atoms with Gasteiger partial charge in [0.25, 0.3) is 0 Å². The Balaban J connectivity index is 0.00000288. The molecular formula is C19H24BrClN2O. The van der Waals surface area contributed by atoms with Gasteiger partial charge in [-0.2, -0.15) is 0 Å². The van der Waals surface area contributed by atoms with Gasteiger partial charge >= 0.3 is 0 Å². The minimum Gasteiger partial charge on any atom is -0.345 e. The Labute approximate surface area is 158 Å². The second-order valence-corrected chi connectivity index (χ2v) is 6.78. The van der Waals surface area contributed by atoms with Gasteiger partial charge in [-0.05, 0) is 29.7 Å². The molecule has 0 fully saturated rings. The molecular weight excluding hydrogens is 388 g/mol. The predicted molar refractivity (Wildman–Crippen MR) is 105 cm³/mol. The zero-order valence-electron chi connectivity index (χ0n) is 14.0. The molecule has 0 saturated carbocycles. The number of hydrogen-bond donors (Lipinski definition) is 1. The first-order valence-corrected chi connectivity index (χ1v) is 8.58. The van der Waals surface area contributed by atoms with Crippen LogP contribution in [0.1, 0.15) is 24.1 Å². The van der Waals surface area contributed by atoms with Gasteiger partial charge in [-0.1, -0.05) is 65.3 Å². The van der Waals surface area contributed by atoms with E-state index in [4.69, 9.17) is 5.73 Å². The summed E-state index contributed by atoms with van der Waals surface area (Å²) in [4.78, 5) is 14.3. The van der Waals surface area contributed by atoms with Crippen molar-refractivity contribution in [2.45, 2.75) is 19.4 Å². The number of likely N-dealkylation sites (N-methyl/N-ethyl adjacent to an activating group) is 1. The minimum absolute atomic E-state index is 0. The molecule has 0 aliphatic rings. The number of carbonyl (C=O) groups excluding carboxylic acids is 1. The summed E-state index contributed by atoms with van der Waals surface area (Å²) in [5.74, 6) is -0.161. The van der Waals surface area contributed by atoms with E-state index >= 15 is 0 Å². The van der Waals surface area contributed by atoms with Gasteiger partial charge in [0.05, 0.1) is 5.92 Å². The van der Waals surface area contributed by atoms with E-state index in [-0.39, 0.29) is 30.3 Å². The number of nitrogens with zero attached hydrogens (tertiary/aromatic N) is 1. The molecule has 5 heteroatoms.